The molecule has 1 aromatic heterocycles. The van der Waals surface area contributed by atoms with Gasteiger partial charge in [0.2, 0.25) is 5.88 Å². The molecule has 2 amide bonds. The number of esters is 1. The number of allylic oxidation sites excluding steroid dienone is 1. The smallest absolute Gasteiger partial charge is 0.338 e. The van der Waals surface area contributed by atoms with E-state index in [9.17, 15) is 9.59 Å². The number of pyridine rings is 1. The van der Waals surface area contributed by atoms with Gasteiger partial charge in [0.15, 0.2) is 0 Å². The van der Waals surface area contributed by atoms with Gasteiger partial charge in [0.25, 0.3) is 0 Å². The van der Waals surface area contributed by atoms with Crippen LogP contribution in [0.3, 0.4) is 0 Å². The molecule has 1 atom stereocenters. The lowest BCUT2D eigenvalue weighted by Gasteiger charge is -2.29. The zero-order chi connectivity index (χ0) is 26.2. The van der Waals surface area contributed by atoms with Crippen molar-refractivity contribution in [1.29, 1.82) is 5.26 Å². The highest BCUT2D eigenvalue weighted by atomic mass is 16.5. The molecule has 2 N–H and O–H groups in total. The van der Waals surface area contributed by atoms with E-state index in [1.807, 2.05) is 24.3 Å². The number of nitriles is 1. The summed E-state index contributed by atoms with van der Waals surface area (Å²) in [5, 5.41) is 14.8. The lowest BCUT2D eigenvalue weighted by molar-refractivity contribution is -0.140. The predicted octanol–water partition coefficient (Wildman–Crippen LogP) is 3.95. The van der Waals surface area contributed by atoms with E-state index < -0.39 is 18.0 Å². The fourth-order valence-corrected chi connectivity index (χ4v) is 4.04. The Bertz CT molecular complexity index is 1360. The van der Waals surface area contributed by atoms with Gasteiger partial charge in [-0.2, -0.15) is 5.26 Å². The van der Waals surface area contributed by atoms with Crippen LogP contribution in [-0.4, -0.2) is 31.2 Å². The Balaban J connectivity index is 1.65. The Labute approximate surface area is 214 Å². The number of nitrogens with one attached hydrogen (secondary N) is 2. The van der Waals surface area contributed by atoms with Crippen LogP contribution in [0.15, 0.2) is 78.1 Å². The van der Waals surface area contributed by atoms with E-state index in [1.54, 1.807) is 49.7 Å². The highest BCUT2D eigenvalue weighted by Gasteiger charge is 2.34. The van der Waals surface area contributed by atoms with Gasteiger partial charge in [-0.1, -0.05) is 24.3 Å². The molecule has 9 heteroatoms. The molecule has 1 aliphatic rings. The maximum Gasteiger partial charge on any atom is 0.338 e. The van der Waals surface area contributed by atoms with E-state index in [0.29, 0.717) is 41.1 Å². The number of carbonyl (C=O) groups is 2. The molecule has 0 bridgehead atoms. The molecule has 0 saturated carbocycles. The van der Waals surface area contributed by atoms with E-state index >= 15 is 0 Å². The van der Waals surface area contributed by atoms with Crippen molar-refractivity contribution < 1.29 is 23.8 Å². The summed E-state index contributed by atoms with van der Waals surface area (Å²) in [7, 11) is 3.11. The number of aryl methyl sites for hydroxylation is 1. The molecule has 37 heavy (non-hydrogen) atoms. The summed E-state index contributed by atoms with van der Waals surface area (Å²) in [6.45, 7) is -0.0253. The topological polar surface area (TPSA) is 123 Å². The predicted molar refractivity (Wildman–Crippen MR) is 134 cm³/mol. The molecule has 4 rings (SSSR count). The van der Waals surface area contributed by atoms with Gasteiger partial charge in [0.05, 0.1) is 37.5 Å². The largest absolute Gasteiger partial charge is 0.497 e. The molecule has 3 aromatic rings. The van der Waals surface area contributed by atoms with Crippen LogP contribution in [0.1, 0.15) is 34.7 Å². The summed E-state index contributed by atoms with van der Waals surface area (Å²) in [4.78, 5) is 30.3. The number of rotatable bonds is 9. The summed E-state index contributed by atoms with van der Waals surface area (Å²) in [6.07, 6.45) is 2.49. The van der Waals surface area contributed by atoms with Gasteiger partial charge in [0.1, 0.15) is 12.4 Å². The van der Waals surface area contributed by atoms with Crippen molar-refractivity contribution in [2.24, 2.45) is 0 Å². The van der Waals surface area contributed by atoms with Crippen LogP contribution >= 0.6 is 0 Å². The third-order valence-corrected chi connectivity index (χ3v) is 5.90. The van der Waals surface area contributed by atoms with Crippen LogP contribution < -0.4 is 20.1 Å². The number of hydrogen-bond acceptors (Lipinski definition) is 7. The first-order chi connectivity index (χ1) is 18.0. The number of benzene rings is 2. The third kappa shape index (κ3) is 6.24. The van der Waals surface area contributed by atoms with Gasteiger partial charge >= 0.3 is 12.0 Å². The fraction of sp³-hybridized carbons (Fsp3) is 0.214. The Hall–Kier alpha value is -4.84. The molecule has 0 fully saturated rings. The molecule has 0 saturated heterocycles. The fourth-order valence-electron chi connectivity index (χ4n) is 4.04. The summed E-state index contributed by atoms with van der Waals surface area (Å²) >= 11 is 0. The number of hydrogen-bond donors (Lipinski definition) is 2. The van der Waals surface area contributed by atoms with Crippen molar-refractivity contribution in [2.75, 3.05) is 14.2 Å². The number of methoxy groups -OCH3 is 2. The first kappa shape index (κ1) is 25.3. The van der Waals surface area contributed by atoms with E-state index in [4.69, 9.17) is 19.5 Å². The minimum absolute atomic E-state index is 0.0253. The normalized spacial score (nSPS) is 14.7. The van der Waals surface area contributed by atoms with Crippen LogP contribution in [-0.2, 0) is 22.6 Å². The second kappa shape index (κ2) is 11.7. The zero-order valence-electron chi connectivity index (χ0n) is 20.5. The summed E-state index contributed by atoms with van der Waals surface area (Å²) < 4.78 is 16.1. The van der Waals surface area contributed by atoms with Crippen LogP contribution in [0, 0.1) is 11.3 Å². The molecule has 1 unspecified atom stereocenters. The molecule has 9 nitrogen and oxygen atoms in total. The van der Waals surface area contributed by atoms with Crippen LogP contribution in [0.5, 0.6) is 11.6 Å². The van der Waals surface area contributed by atoms with Crippen molar-refractivity contribution in [3.8, 4) is 17.7 Å². The minimum Gasteiger partial charge on any atom is -0.497 e. The summed E-state index contributed by atoms with van der Waals surface area (Å²) in [5.41, 5.74) is 3.49. The first-order valence-corrected chi connectivity index (χ1v) is 11.6. The number of nitrogens with zero attached hydrogens (tertiary/aromatic N) is 2. The molecule has 1 aliphatic heterocycles. The van der Waals surface area contributed by atoms with E-state index in [0.717, 1.165) is 11.3 Å². The van der Waals surface area contributed by atoms with Crippen molar-refractivity contribution >= 4 is 12.0 Å². The van der Waals surface area contributed by atoms with Crippen molar-refractivity contribution in [3.05, 3.63) is 100 Å². The maximum atomic E-state index is 13.5. The first-order valence-electron chi connectivity index (χ1n) is 11.6. The monoisotopic (exact) mass is 498 g/mol. The molecule has 0 aliphatic carbocycles. The average Bonchev–Trinajstić information content (AvgIpc) is 2.94. The highest BCUT2D eigenvalue weighted by molar-refractivity contribution is 5.95. The van der Waals surface area contributed by atoms with Crippen LogP contribution in [0.2, 0.25) is 0 Å². The minimum atomic E-state index is -0.773. The van der Waals surface area contributed by atoms with Crippen molar-refractivity contribution in [1.82, 2.24) is 15.6 Å². The number of aromatic nitrogens is 1. The highest BCUT2D eigenvalue weighted by Crippen LogP contribution is 2.30. The molecular weight excluding hydrogens is 472 g/mol. The van der Waals surface area contributed by atoms with Gasteiger partial charge in [-0.05, 0) is 59.9 Å². The van der Waals surface area contributed by atoms with E-state index in [1.165, 1.54) is 7.11 Å². The average molecular weight is 499 g/mol. The van der Waals surface area contributed by atoms with E-state index in [-0.39, 0.29) is 12.2 Å². The van der Waals surface area contributed by atoms with E-state index in [2.05, 4.69) is 21.7 Å². The number of amides is 2. The zero-order valence-corrected chi connectivity index (χ0v) is 20.5. The Morgan fingerprint density at radius 1 is 1.03 bits per heavy atom. The quantitative estimate of drug-likeness (QED) is 0.428. The SMILES string of the molecule is COc1cccc(CCC2=C(C(=O)OCc3cccc(C#N)c3)C(c3ccc(OC)nc3)NC(=O)N2)c1. The number of urea groups is 1. The second-order valence-corrected chi connectivity index (χ2v) is 8.30. The molecule has 0 spiro atoms. The Kier molecular flexibility index (Phi) is 8.01. The van der Waals surface area contributed by atoms with Crippen molar-refractivity contribution in [3.63, 3.8) is 0 Å². The van der Waals surface area contributed by atoms with Crippen molar-refractivity contribution in [2.45, 2.75) is 25.5 Å². The van der Waals surface area contributed by atoms with Crippen LogP contribution in [0.4, 0.5) is 4.79 Å². The second-order valence-electron chi connectivity index (χ2n) is 8.30. The third-order valence-electron chi connectivity index (χ3n) is 5.90. The van der Waals surface area contributed by atoms with Gasteiger partial charge in [-0.25, -0.2) is 14.6 Å². The standard InChI is InChI=1S/C28H26N4O5/c1-35-22-8-4-5-18(14-22)9-11-23-25(27(33)37-17-20-7-3-6-19(13-20)15-29)26(32-28(34)31-23)21-10-12-24(36-2)30-16-21/h3-8,10,12-14,16,26H,9,11,17H2,1-2H3,(H2,31,32,34). The van der Waals surface area contributed by atoms with Gasteiger partial charge in [-0.15, -0.1) is 0 Å². The van der Waals surface area contributed by atoms with Gasteiger partial charge < -0.3 is 24.8 Å². The number of ether oxygens (including phenoxy) is 3. The molecule has 0 radical (unpaired) electrons. The lowest BCUT2D eigenvalue weighted by Crippen LogP contribution is -2.46. The van der Waals surface area contributed by atoms with Crippen LogP contribution in [0.25, 0.3) is 0 Å². The Morgan fingerprint density at radius 3 is 2.57 bits per heavy atom. The molecule has 2 aromatic carbocycles. The van der Waals surface area contributed by atoms with Gasteiger partial charge in [-0.3, -0.25) is 0 Å². The Morgan fingerprint density at radius 2 is 1.84 bits per heavy atom. The summed E-state index contributed by atoms with van der Waals surface area (Å²) in [5.74, 6) is 0.548. The number of carbonyl (C=O) groups excluding carboxylic acids is 2. The summed E-state index contributed by atoms with van der Waals surface area (Å²) in [6, 6.07) is 18.7. The molecule has 188 valence electrons. The molecular formula is C28H26N4O5. The lowest BCUT2D eigenvalue weighted by atomic mass is 9.94. The maximum absolute atomic E-state index is 13.5. The molecule has 2 heterocycles. The van der Waals surface area contributed by atoms with Gasteiger partial charge in [0, 0.05) is 18.0 Å².